The highest BCUT2D eigenvalue weighted by molar-refractivity contribution is 6.09. The van der Waals surface area contributed by atoms with E-state index in [0.717, 1.165) is 22.2 Å². The molecule has 1 unspecified atom stereocenters. The van der Waals surface area contributed by atoms with E-state index in [1.165, 1.54) is 47.9 Å². The third-order valence-electron chi connectivity index (χ3n) is 8.15. The predicted octanol–water partition coefficient (Wildman–Crippen LogP) is 9.79. The molecule has 0 spiro atoms. The Morgan fingerprint density at radius 3 is 2.35 bits per heavy atom. The Morgan fingerprint density at radius 2 is 1.59 bits per heavy atom. The maximum absolute atomic E-state index is 6.28. The monoisotopic (exact) mass is 453 g/mol. The van der Waals surface area contributed by atoms with Gasteiger partial charge in [0, 0.05) is 16.5 Å². The molecule has 1 heterocycles. The number of nitrogens with one attached hydrogen (secondary N) is 1. The van der Waals surface area contributed by atoms with Gasteiger partial charge in [0.15, 0.2) is 5.58 Å². The molecule has 1 aliphatic rings. The average molecular weight is 454 g/mol. The molecule has 178 valence electrons. The van der Waals surface area contributed by atoms with Gasteiger partial charge < -0.3 is 9.73 Å². The number of anilines is 2. The van der Waals surface area contributed by atoms with Gasteiger partial charge in [-0.05, 0) is 83.7 Å². The minimum atomic E-state index is 0.173. The smallest absolute Gasteiger partial charge is 0.158 e. The fraction of sp³-hybridized carbons (Fsp3) is 0.438. The van der Waals surface area contributed by atoms with Gasteiger partial charge >= 0.3 is 0 Å². The summed E-state index contributed by atoms with van der Waals surface area (Å²) in [5.74, 6) is 0. The SMILES string of the molecule is Cc1cc2c(cc1Nc1cccc3c1oc1ccccc13)C(C)(C)CCC2(C)CCC(C)(C)C. The lowest BCUT2D eigenvalue weighted by atomic mass is 9.60. The second-order valence-electron chi connectivity index (χ2n) is 12.6. The molecule has 1 N–H and O–H groups in total. The first-order chi connectivity index (χ1) is 16.0. The Hall–Kier alpha value is -2.74. The highest BCUT2D eigenvalue weighted by Gasteiger charge is 2.40. The normalized spacial score (nSPS) is 20.0. The molecule has 0 fully saturated rings. The third kappa shape index (κ3) is 4.02. The van der Waals surface area contributed by atoms with Crippen LogP contribution in [0, 0.1) is 12.3 Å². The summed E-state index contributed by atoms with van der Waals surface area (Å²) >= 11 is 0. The first kappa shape index (κ1) is 23.0. The van der Waals surface area contributed by atoms with E-state index in [1.807, 2.05) is 12.1 Å². The number of rotatable bonds is 4. The van der Waals surface area contributed by atoms with Crippen molar-refractivity contribution in [3.63, 3.8) is 0 Å². The van der Waals surface area contributed by atoms with Crippen LogP contribution in [-0.4, -0.2) is 0 Å². The topological polar surface area (TPSA) is 25.2 Å². The number of hydrogen-bond acceptors (Lipinski definition) is 2. The summed E-state index contributed by atoms with van der Waals surface area (Å²) in [5.41, 5.74) is 9.19. The highest BCUT2D eigenvalue weighted by atomic mass is 16.3. The van der Waals surface area contributed by atoms with Crippen molar-refractivity contribution in [2.45, 2.75) is 85.0 Å². The van der Waals surface area contributed by atoms with Crippen molar-refractivity contribution in [2.75, 3.05) is 5.32 Å². The molecule has 1 aliphatic carbocycles. The molecule has 0 amide bonds. The highest BCUT2D eigenvalue weighted by Crippen LogP contribution is 2.50. The largest absolute Gasteiger partial charge is 0.454 e. The number of benzene rings is 3. The zero-order chi connectivity index (χ0) is 24.3. The molecule has 2 heteroatoms. The van der Waals surface area contributed by atoms with Gasteiger partial charge in [0.1, 0.15) is 5.58 Å². The molecule has 0 aliphatic heterocycles. The van der Waals surface area contributed by atoms with E-state index < -0.39 is 0 Å². The number of fused-ring (bicyclic) bond motifs is 4. The number of hydrogen-bond donors (Lipinski definition) is 1. The standard InChI is InChI=1S/C32H39NO/c1-21-19-25-24(31(5,6)16-18-32(25,7)17-15-30(2,3)4)20-27(21)33-26-13-10-12-23-22-11-8-9-14-28(22)34-29(23)26/h8-14,19-20,33H,15-18H2,1-7H3. The van der Waals surface area contributed by atoms with Crippen molar-refractivity contribution in [1.82, 2.24) is 0 Å². The Kier molecular flexibility index (Phi) is 5.35. The van der Waals surface area contributed by atoms with Gasteiger partial charge in [-0.15, -0.1) is 0 Å². The quantitative estimate of drug-likeness (QED) is 0.332. The minimum Gasteiger partial charge on any atom is -0.454 e. The molecule has 3 aromatic carbocycles. The summed E-state index contributed by atoms with van der Waals surface area (Å²) in [6.45, 7) is 16.6. The summed E-state index contributed by atoms with van der Waals surface area (Å²) < 4.78 is 6.28. The van der Waals surface area contributed by atoms with Crippen molar-refractivity contribution in [1.29, 1.82) is 0 Å². The maximum Gasteiger partial charge on any atom is 0.158 e. The van der Waals surface area contributed by atoms with Crippen LogP contribution < -0.4 is 5.32 Å². The van der Waals surface area contributed by atoms with Crippen molar-refractivity contribution >= 4 is 33.3 Å². The summed E-state index contributed by atoms with van der Waals surface area (Å²) in [7, 11) is 0. The van der Waals surface area contributed by atoms with Gasteiger partial charge in [0.25, 0.3) is 0 Å². The van der Waals surface area contributed by atoms with Gasteiger partial charge in [-0.3, -0.25) is 0 Å². The fourth-order valence-corrected chi connectivity index (χ4v) is 5.66. The van der Waals surface area contributed by atoms with Crippen LogP contribution in [-0.2, 0) is 10.8 Å². The van der Waals surface area contributed by atoms with Crippen LogP contribution in [0.3, 0.4) is 0 Å². The first-order valence-corrected chi connectivity index (χ1v) is 12.8. The van der Waals surface area contributed by atoms with E-state index in [4.69, 9.17) is 4.42 Å². The lowest BCUT2D eigenvalue weighted by Gasteiger charge is -2.45. The van der Waals surface area contributed by atoms with Crippen LogP contribution in [0.4, 0.5) is 11.4 Å². The number of para-hydroxylation sites is 2. The van der Waals surface area contributed by atoms with Crippen LogP contribution in [0.5, 0.6) is 0 Å². The Balaban J connectivity index is 1.57. The Morgan fingerprint density at radius 1 is 0.853 bits per heavy atom. The second-order valence-corrected chi connectivity index (χ2v) is 12.6. The van der Waals surface area contributed by atoms with Crippen LogP contribution in [0.25, 0.3) is 21.9 Å². The van der Waals surface area contributed by atoms with Gasteiger partial charge in [-0.25, -0.2) is 0 Å². The van der Waals surface area contributed by atoms with Gasteiger partial charge in [0.2, 0.25) is 0 Å². The van der Waals surface area contributed by atoms with Crippen LogP contribution in [0.15, 0.2) is 59.0 Å². The van der Waals surface area contributed by atoms with E-state index >= 15 is 0 Å². The predicted molar refractivity (Wildman–Crippen MR) is 146 cm³/mol. The van der Waals surface area contributed by atoms with Crippen molar-refractivity contribution < 1.29 is 4.42 Å². The molecule has 4 aromatic rings. The van der Waals surface area contributed by atoms with Crippen molar-refractivity contribution in [2.24, 2.45) is 5.41 Å². The van der Waals surface area contributed by atoms with E-state index in [9.17, 15) is 0 Å². The van der Waals surface area contributed by atoms with Crippen LogP contribution >= 0.6 is 0 Å². The lowest BCUT2D eigenvalue weighted by molar-refractivity contribution is 0.251. The summed E-state index contributed by atoms with van der Waals surface area (Å²) in [4.78, 5) is 0. The molecule has 2 nitrogen and oxygen atoms in total. The molecular formula is C32H39NO. The Labute approximate surface area is 204 Å². The molecule has 0 radical (unpaired) electrons. The van der Waals surface area contributed by atoms with E-state index in [0.29, 0.717) is 5.41 Å². The van der Waals surface area contributed by atoms with Crippen molar-refractivity contribution in [3.05, 3.63) is 71.3 Å². The second kappa shape index (κ2) is 7.90. The Bertz CT molecular complexity index is 1370. The number of aryl methyl sites for hydroxylation is 1. The van der Waals surface area contributed by atoms with Gasteiger partial charge in [0.05, 0.1) is 5.69 Å². The fourth-order valence-electron chi connectivity index (χ4n) is 5.66. The van der Waals surface area contributed by atoms with Crippen LogP contribution in [0.1, 0.15) is 83.9 Å². The molecule has 5 rings (SSSR count). The summed E-state index contributed by atoms with van der Waals surface area (Å²) in [6, 6.07) is 19.6. The zero-order valence-electron chi connectivity index (χ0n) is 21.9. The molecule has 0 saturated carbocycles. The van der Waals surface area contributed by atoms with Crippen LogP contribution in [0.2, 0.25) is 0 Å². The van der Waals surface area contributed by atoms with E-state index in [1.54, 1.807) is 5.56 Å². The molecule has 1 aromatic heterocycles. The van der Waals surface area contributed by atoms with E-state index in [-0.39, 0.29) is 10.8 Å². The molecular weight excluding hydrogens is 414 g/mol. The molecule has 34 heavy (non-hydrogen) atoms. The summed E-state index contributed by atoms with van der Waals surface area (Å²) in [5, 5.41) is 6.08. The van der Waals surface area contributed by atoms with Gasteiger partial charge in [-0.1, -0.05) is 77.9 Å². The summed E-state index contributed by atoms with van der Waals surface area (Å²) in [6.07, 6.45) is 4.97. The first-order valence-electron chi connectivity index (χ1n) is 12.8. The van der Waals surface area contributed by atoms with Crippen molar-refractivity contribution in [3.8, 4) is 0 Å². The molecule has 1 atom stereocenters. The third-order valence-corrected chi connectivity index (χ3v) is 8.15. The molecule has 0 bridgehead atoms. The zero-order valence-corrected chi connectivity index (χ0v) is 21.9. The number of furan rings is 1. The van der Waals surface area contributed by atoms with E-state index in [2.05, 4.69) is 96.2 Å². The maximum atomic E-state index is 6.28. The molecule has 0 saturated heterocycles. The minimum absolute atomic E-state index is 0.173. The average Bonchev–Trinajstić information content (AvgIpc) is 3.16. The van der Waals surface area contributed by atoms with Gasteiger partial charge in [-0.2, -0.15) is 0 Å². The lowest BCUT2D eigenvalue weighted by Crippen LogP contribution is -2.36.